The minimum absolute atomic E-state index is 0.586. The molecule has 0 radical (unpaired) electrons. The van der Waals surface area contributed by atoms with Crippen LogP contribution in [0.15, 0.2) is 30.9 Å². The molecule has 0 amide bonds. The van der Waals surface area contributed by atoms with Crippen molar-refractivity contribution in [3.63, 3.8) is 0 Å². The summed E-state index contributed by atoms with van der Waals surface area (Å²) in [6.45, 7) is 1.94. The molecule has 0 saturated carbocycles. The lowest BCUT2D eigenvalue weighted by Crippen LogP contribution is -1.99. The van der Waals surface area contributed by atoms with Gasteiger partial charge in [0.05, 0.1) is 18.1 Å². The summed E-state index contributed by atoms with van der Waals surface area (Å²) in [5.41, 5.74) is 2.34. The average molecular weight is 187 g/mol. The van der Waals surface area contributed by atoms with Gasteiger partial charge >= 0.3 is 0 Å². The van der Waals surface area contributed by atoms with Gasteiger partial charge in [0.1, 0.15) is 0 Å². The Morgan fingerprint density at radius 1 is 1.43 bits per heavy atom. The lowest BCUT2D eigenvalue weighted by molar-refractivity contribution is 0.112. The van der Waals surface area contributed by atoms with E-state index in [1.807, 2.05) is 13.1 Å². The van der Waals surface area contributed by atoms with Crippen molar-refractivity contribution < 1.29 is 4.79 Å². The van der Waals surface area contributed by atoms with E-state index >= 15 is 0 Å². The van der Waals surface area contributed by atoms with Crippen molar-refractivity contribution in [2.45, 2.75) is 6.92 Å². The zero-order valence-corrected chi connectivity index (χ0v) is 7.71. The number of pyridine rings is 1. The molecular weight excluding hydrogens is 178 g/mol. The van der Waals surface area contributed by atoms with Crippen molar-refractivity contribution in [2.24, 2.45) is 0 Å². The summed E-state index contributed by atoms with van der Waals surface area (Å²) in [4.78, 5) is 14.7. The third-order valence-electron chi connectivity index (χ3n) is 1.92. The van der Waals surface area contributed by atoms with Gasteiger partial charge in [-0.15, -0.1) is 0 Å². The minimum atomic E-state index is 0.586. The Hall–Kier alpha value is -1.97. The standard InChI is InChI=1S/C10H9N3O/c1-8-4-12-13(6-8)10-5-11-3-2-9(10)7-14/h2-7H,1H3. The largest absolute Gasteiger partial charge is 0.298 e. The molecule has 0 saturated heterocycles. The van der Waals surface area contributed by atoms with Crippen molar-refractivity contribution in [3.8, 4) is 5.69 Å². The van der Waals surface area contributed by atoms with Crippen LogP contribution in [-0.2, 0) is 0 Å². The fourth-order valence-electron chi connectivity index (χ4n) is 1.23. The molecule has 70 valence electrons. The summed E-state index contributed by atoms with van der Waals surface area (Å²) in [6, 6.07) is 1.67. The molecule has 2 heterocycles. The molecule has 0 fully saturated rings. The zero-order chi connectivity index (χ0) is 9.97. The normalized spacial score (nSPS) is 10.1. The lowest BCUT2D eigenvalue weighted by atomic mass is 10.2. The molecule has 0 aliphatic heterocycles. The van der Waals surface area contributed by atoms with Crippen LogP contribution in [-0.4, -0.2) is 21.1 Å². The predicted molar refractivity (Wildman–Crippen MR) is 51.5 cm³/mol. The molecule has 0 spiro atoms. The van der Waals surface area contributed by atoms with E-state index in [9.17, 15) is 4.79 Å². The number of hydrogen-bond acceptors (Lipinski definition) is 3. The molecule has 0 aromatic carbocycles. The predicted octanol–water partition coefficient (Wildman–Crippen LogP) is 1.39. The second-order valence-electron chi connectivity index (χ2n) is 3.01. The second-order valence-corrected chi connectivity index (χ2v) is 3.01. The Morgan fingerprint density at radius 3 is 2.93 bits per heavy atom. The number of hydrogen-bond donors (Lipinski definition) is 0. The van der Waals surface area contributed by atoms with E-state index < -0.39 is 0 Å². The van der Waals surface area contributed by atoms with Gasteiger partial charge < -0.3 is 0 Å². The van der Waals surface area contributed by atoms with Gasteiger partial charge in [0, 0.05) is 18.0 Å². The van der Waals surface area contributed by atoms with Crippen LogP contribution >= 0.6 is 0 Å². The highest BCUT2D eigenvalue weighted by atomic mass is 16.1. The van der Waals surface area contributed by atoms with E-state index in [1.165, 1.54) is 0 Å². The molecule has 0 unspecified atom stereocenters. The maximum absolute atomic E-state index is 10.7. The van der Waals surface area contributed by atoms with Crippen LogP contribution in [0.4, 0.5) is 0 Å². The van der Waals surface area contributed by atoms with E-state index in [-0.39, 0.29) is 0 Å². The van der Waals surface area contributed by atoms with E-state index in [2.05, 4.69) is 10.1 Å². The van der Waals surface area contributed by atoms with E-state index in [0.717, 1.165) is 11.8 Å². The highest BCUT2D eigenvalue weighted by molar-refractivity contribution is 5.80. The monoisotopic (exact) mass is 187 g/mol. The van der Waals surface area contributed by atoms with E-state index in [0.29, 0.717) is 11.3 Å². The quantitative estimate of drug-likeness (QED) is 0.667. The number of nitrogens with zero attached hydrogens (tertiary/aromatic N) is 3. The summed E-state index contributed by atoms with van der Waals surface area (Å²) in [6.07, 6.45) is 7.60. The number of rotatable bonds is 2. The maximum Gasteiger partial charge on any atom is 0.152 e. The van der Waals surface area contributed by atoms with Gasteiger partial charge in [-0.3, -0.25) is 9.78 Å². The second kappa shape index (κ2) is 3.41. The number of carbonyl (C=O) groups excluding carboxylic acids is 1. The minimum Gasteiger partial charge on any atom is -0.298 e. The van der Waals surface area contributed by atoms with Gasteiger partial charge in [0.25, 0.3) is 0 Å². The fourth-order valence-corrected chi connectivity index (χ4v) is 1.23. The molecular formula is C10H9N3O. The van der Waals surface area contributed by atoms with Crippen LogP contribution < -0.4 is 0 Å². The molecule has 0 aliphatic carbocycles. The van der Waals surface area contributed by atoms with E-state index in [4.69, 9.17) is 0 Å². The number of aromatic nitrogens is 3. The van der Waals surface area contributed by atoms with Crippen LogP contribution in [0.25, 0.3) is 5.69 Å². The van der Waals surface area contributed by atoms with Crippen LogP contribution in [0.2, 0.25) is 0 Å². The topological polar surface area (TPSA) is 47.8 Å². The van der Waals surface area contributed by atoms with Crippen molar-refractivity contribution >= 4 is 6.29 Å². The molecule has 2 rings (SSSR count). The molecule has 0 bridgehead atoms. The number of aryl methyl sites for hydroxylation is 1. The molecule has 4 nitrogen and oxygen atoms in total. The van der Waals surface area contributed by atoms with Crippen LogP contribution in [0, 0.1) is 6.92 Å². The van der Waals surface area contributed by atoms with Crippen molar-refractivity contribution in [1.29, 1.82) is 0 Å². The average Bonchev–Trinajstić information content (AvgIpc) is 2.65. The third-order valence-corrected chi connectivity index (χ3v) is 1.92. The van der Waals surface area contributed by atoms with Gasteiger partial charge in [-0.1, -0.05) is 0 Å². The first kappa shape index (κ1) is 8.62. The molecule has 2 aromatic heterocycles. The summed E-state index contributed by atoms with van der Waals surface area (Å²) in [5, 5.41) is 4.11. The summed E-state index contributed by atoms with van der Waals surface area (Å²) in [5.74, 6) is 0. The fraction of sp³-hybridized carbons (Fsp3) is 0.100. The number of carbonyl (C=O) groups is 1. The number of aldehydes is 1. The van der Waals surface area contributed by atoms with Crippen molar-refractivity contribution in [3.05, 3.63) is 42.0 Å². The molecule has 14 heavy (non-hydrogen) atoms. The first-order valence-corrected chi connectivity index (χ1v) is 4.22. The zero-order valence-electron chi connectivity index (χ0n) is 7.71. The summed E-state index contributed by atoms with van der Waals surface area (Å²) < 4.78 is 1.64. The SMILES string of the molecule is Cc1cnn(-c2cnccc2C=O)c1. The Labute approximate surface area is 81.2 Å². The van der Waals surface area contributed by atoms with Crippen LogP contribution in [0.3, 0.4) is 0 Å². The van der Waals surface area contributed by atoms with Gasteiger partial charge in [0.2, 0.25) is 0 Å². The molecule has 2 aromatic rings. The Balaban J connectivity index is 2.55. The molecule has 0 aliphatic rings. The van der Waals surface area contributed by atoms with Gasteiger partial charge in [-0.25, -0.2) is 4.68 Å². The maximum atomic E-state index is 10.7. The Kier molecular flexibility index (Phi) is 2.10. The van der Waals surface area contributed by atoms with Crippen molar-refractivity contribution in [1.82, 2.24) is 14.8 Å². The van der Waals surface area contributed by atoms with E-state index in [1.54, 1.807) is 29.3 Å². The third kappa shape index (κ3) is 1.42. The first-order valence-electron chi connectivity index (χ1n) is 4.22. The molecule has 0 atom stereocenters. The smallest absolute Gasteiger partial charge is 0.152 e. The molecule has 4 heteroatoms. The van der Waals surface area contributed by atoms with Crippen molar-refractivity contribution in [2.75, 3.05) is 0 Å². The lowest BCUT2D eigenvalue weighted by Gasteiger charge is -2.02. The summed E-state index contributed by atoms with van der Waals surface area (Å²) in [7, 11) is 0. The summed E-state index contributed by atoms with van der Waals surface area (Å²) >= 11 is 0. The molecule has 0 N–H and O–H groups in total. The highest BCUT2D eigenvalue weighted by Gasteiger charge is 2.03. The highest BCUT2D eigenvalue weighted by Crippen LogP contribution is 2.10. The van der Waals surface area contributed by atoms with Crippen LogP contribution in [0.5, 0.6) is 0 Å². The van der Waals surface area contributed by atoms with Gasteiger partial charge in [-0.2, -0.15) is 5.10 Å². The Morgan fingerprint density at radius 2 is 2.29 bits per heavy atom. The van der Waals surface area contributed by atoms with Gasteiger partial charge in [0.15, 0.2) is 6.29 Å². The van der Waals surface area contributed by atoms with Gasteiger partial charge in [-0.05, 0) is 18.6 Å². The van der Waals surface area contributed by atoms with Crippen LogP contribution in [0.1, 0.15) is 15.9 Å². The first-order chi connectivity index (χ1) is 6.81. The Bertz CT molecular complexity index is 462.